The van der Waals surface area contributed by atoms with Gasteiger partial charge >= 0.3 is 11.9 Å². The molecule has 0 heterocycles. The highest BCUT2D eigenvalue weighted by molar-refractivity contribution is 6.00. The van der Waals surface area contributed by atoms with Gasteiger partial charge in [-0.3, -0.25) is 81.5 Å². The number of amides is 16. The lowest BCUT2D eigenvalue weighted by Gasteiger charge is -2.31. The number of carbonyl (C=O) groups is 18. The summed E-state index contributed by atoms with van der Waals surface area (Å²) in [6, 6.07) is -19.3. The monoisotopic (exact) mass is 1540 g/mol. The molecule has 0 saturated carbocycles. The molecule has 0 fully saturated rings. The second-order valence-electron chi connectivity index (χ2n) is 29.7. The summed E-state index contributed by atoms with van der Waals surface area (Å²) in [5.41, 5.74) is 22.1. The maximum absolute atomic E-state index is 14.5. The van der Waals surface area contributed by atoms with Crippen LogP contribution in [0.25, 0.3) is 0 Å². The lowest BCUT2D eigenvalue weighted by molar-refractivity contribution is -0.144. The molecule has 0 aromatic heterocycles. The summed E-state index contributed by atoms with van der Waals surface area (Å²) in [4.78, 5) is 241. The zero-order valence-electron chi connectivity index (χ0n) is 65.4. The quantitative estimate of drug-likeness (QED) is 0.0278. The number of hydrogen-bond donors (Lipinski definition) is 20. The van der Waals surface area contributed by atoms with Crippen molar-refractivity contribution in [1.29, 1.82) is 0 Å². The van der Waals surface area contributed by atoms with Crippen LogP contribution in [0.15, 0.2) is 0 Å². The molecule has 0 radical (unpaired) electrons. The van der Waals surface area contributed by atoms with Crippen molar-refractivity contribution >= 4 is 106 Å². The first-order chi connectivity index (χ1) is 50.0. The van der Waals surface area contributed by atoms with Gasteiger partial charge < -0.3 is 107 Å². The van der Waals surface area contributed by atoms with Crippen LogP contribution < -0.4 is 92.1 Å². The van der Waals surface area contributed by atoms with E-state index in [4.69, 9.17) is 22.9 Å². The molecule has 0 spiro atoms. The molecule has 24 N–H and O–H groups in total. The molecule has 0 saturated heterocycles. The van der Waals surface area contributed by atoms with Gasteiger partial charge in [0.25, 0.3) is 0 Å². The summed E-state index contributed by atoms with van der Waals surface area (Å²) >= 11 is 0. The molecule has 0 aliphatic carbocycles. The molecular formula is C70H123N17O21. The number of hydrogen-bond acceptors (Lipinski definition) is 20. The van der Waals surface area contributed by atoms with Crippen LogP contribution in [0.3, 0.4) is 0 Å². The van der Waals surface area contributed by atoms with E-state index in [-0.39, 0.29) is 62.2 Å². The summed E-state index contributed by atoms with van der Waals surface area (Å²) in [5.74, 6) is -22.1. The number of aliphatic hydroxyl groups excluding tert-OH is 1. The highest BCUT2D eigenvalue weighted by Gasteiger charge is 2.40. The molecule has 108 heavy (non-hydrogen) atoms. The second-order valence-corrected chi connectivity index (χ2v) is 29.7. The maximum atomic E-state index is 14.5. The largest absolute Gasteiger partial charge is 0.481 e. The fraction of sp³-hybridized carbons (Fsp3) is 0.743. The van der Waals surface area contributed by atoms with Crippen molar-refractivity contribution in [3.63, 3.8) is 0 Å². The van der Waals surface area contributed by atoms with E-state index >= 15 is 0 Å². The van der Waals surface area contributed by atoms with Crippen LogP contribution >= 0.6 is 0 Å². The average molecular weight is 1540 g/mol. The number of nitrogens with two attached hydrogens (primary N) is 4. The minimum Gasteiger partial charge on any atom is -0.481 e. The Labute approximate surface area is 631 Å². The van der Waals surface area contributed by atoms with Crippen LogP contribution in [0, 0.1) is 47.3 Å². The number of primary amides is 3. The van der Waals surface area contributed by atoms with Gasteiger partial charge in [-0.05, 0) is 92.8 Å². The predicted octanol–water partition coefficient (Wildman–Crippen LogP) is -3.82. The third kappa shape index (κ3) is 36.8. The molecular weight excluding hydrogens is 1410 g/mol. The molecule has 0 bridgehead atoms. The van der Waals surface area contributed by atoms with E-state index in [0.29, 0.717) is 0 Å². The Hall–Kier alpha value is -9.62. The molecule has 16 atom stereocenters. The Morgan fingerprint density at radius 1 is 0.324 bits per heavy atom. The lowest BCUT2D eigenvalue weighted by Crippen LogP contribution is -2.62. The molecule has 0 aliphatic rings. The Kier molecular flexibility index (Phi) is 44.3. The molecule has 38 nitrogen and oxygen atoms in total. The second kappa shape index (κ2) is 48.6. The van der Waals surface area contributed by atoms with Gasteiger partial charge in [-0.2, -0.15) is 0 Å². The van der Waals surface area contributed by atoms with Crippen molar-refractivity contribution in [3.05, 3.63) is 0 Å². The first-order valence-corrected chi connectivity index (χ1v) is 36.6. The van der Waals surface area contributed by atoms with Gasteiger partial charge in [-0.1, -0.05) is 124 Å². The van der Waals surface area contributed by atoms with Crippen LogP contribution in [-0.4, -0.2) is 213 Å². The third-order valence-electron chi connectivity index (χ3n) is 17.6. The van der Waals surface area contributed by atoms with Gasteiger partial charge in [0.1, 0.15) is 72.5 Å². The van der Waals surface area contributed by atoms with Gasteiger partial charge in [0.2, 0.25) is 94.5 Å². The third-order valence-corrected chi connectivity index (χ3v) is 17.6. The minimum atomic E-state index is -1.76. The van der Waals surface area contributed by atoms with Crippen molar-refractivity contribution in [1.82, 2.24) is 69.1 Å². The number of aliphatic hydroxyl groups is 1. The number of carboxylic acid groups (broad SMARTS) is 2. The van der Waals surface area contributed by atoms with Crippen LogP contribution in [0.5, 0.6) is 0 Å². The van der Waals surface area contributed by atoms with E-state index in [9.17, 15) is 102 Å². The Balaban J connectivity index is 6.87. The summed E-state index contributed by atoms with van der Waals surface area (Å²) in [6.45, 7) is 26.6. The zero-order chi connectivity index (χ0) is 83.5. The van der Waals surface area contributed by atoms with Crippen molar-refractivity contribution in [2.24, 2.45) is 70.3 Å². The van der Waals surface area contributed by atoms with Crippen molar-refractivity contribution < 1.29 is 102 Å². The predicted molar refractivity (Wildman–Crippen MR) is 393 cm³/mol. The fourth-order valence-electron chi connectivity index (χ4n) is 10.7. The number of carbonyl (C=O) groups excluding carboxylic acids is 16. The number of nitrogens with one attached hydrogen (secondary N) is 13. The molecule has 0 unspecified atom stereocenters. The van der Waals surface area contributed by atoms with Gasteiger partial charge in [-0.15, -0.1) is 0 Å². The molecule has 0 aromatic carbocycles. The smallest absolute Gasteiger partial charge is 0.326 e. The maximum Gasteiger partial charge on any atom is 0.326 e. The molecule has 0 rings (SSSR count). The first kappa shape index (κ1) is 98.4. The fourth-order valence-corrected chi connectivity index (χ4v) is 10.7. The number of carboxylic acids is 2. The number of rotatable bonds is 52. The topological polar surface area (TPSA) is 628 Å². The molecule has 38 heteroatoms. The van der Waals surface area contributed by atoms with E-state index in [0.717, 1.165) is 6.92 Å². The summed E-state index contributed by atoms with van der Waals surface area (Å²) < 4.78 is 0. The lowest BCUT2D eigenvalue weighted by atomic mass is 9.95. The van der Waals surface area contributed by atoms with Crippen LogP contribution in [0.4, 0.5) is 0 Å². The highest BCUT2D eigenvalue weighted by Crippen LogP contribution is 2.17. The van der Waals surface area contributed by atoms with Gasteiger partial charge in [0, 0.05) is 19.3 Å². The van der Waals surface area contributed by atoms with Crippen LogP contribution in [0.1, 0.15) is 195 Å². The Morgan fingerprint density at radius 2 is 0.620 bits per heavy atom. The summed E-state index contributed by atoms with van der Waals surface area (Å²) in [6.07, 6.45) is -4.80. The molecule has 0 aromatic rings. The molecule has 16 amide bonds. The van der Waals surface area contributed by atoms with E-state index in [1.54, 1.807) is 83.1 Å². The van der Waals surface area contributed by atoms with E-state index < -0.39 is 260 Å². The van der Waals surface area contributed by atoms with Crippen LogP contribution in [0.2, 0.25) is 0 Å². The molecule has 614 valence electrons. The summed E-state index contributed by atoms with van der Waals surface area (Å²) in [5, 5.41) is 62.1. The van der Waals surface area contributed by atoms with Gasteiger partial charge in [-0.25, -0.2) is 4.79 Å². The van der Waals surface area contributed by atoms with Crippen molar-refractivity contribution in [2.45, 2.75) is 279 Å². The Morgan fingerprint density at radius 3 is 0.972 bits per heavy atom. The minimum absolute atomic E-state index is 0.0482. The Bertz CT molecular complexity index is 3110. The van der Waals surface area contributed by atoms with Gasteiger partial charge in [0.05, 0.1) is 25.1 Å². The van der Waals surface area contributed by atoms with E-state index in [2.05, 4.69) is 69.1 Å². The van der Waals surface area contributed by atoms with Gasteiger partial charge in [0.15, 0.2) is 0 Å². The zero-order valence-corrected chi connectivity index (χ0v) is 65.4. The molecule has 0 aliphatic heterocycles. The van der Waals surface area contributed by atoms with E-state index in [1.807, 2.05) is 0 Å². The van der Waals surface area contributed by atoms with E-state index in [1.165, 1.54) is 27.7 Å². The first-order valence-electron chi connectivity index (χ1n) is 36.6. The highest BCUT2D eigenvalue weighted by atomic mass is 16.4. The van der Waals surface area contributed by atoms with Crippen LogP contribution in [-0.2, 0) is 86.3 Å². The van der Waals surface area contributed by atoms with Crippen molar-refractivity contribution in [3.8, 4) is 0 Å². The SMILES string of the molecule is CC[C@H](C)[C@H](NC(=O)[C@H](CC(C)C)NC(=O)[C@H](CCC(N)=O)NC(=O)[C@@H](NC(=O)[C@H](CC(C)C)NC(=O)[C@H](CCC(N)=O)NC(=O)[C@H](CC(C)C)NC(=O)CNC(=O)[C@@H](NC(=O)[C@@H](NC(=O)[C@@H](NC(=O)[C@H](CCC(=O)O)NC(=O)[C@@H](N)C(C)C)C(C)C)[C@@H](C)O)C(C)C)[C@@H](C)CC)C(=O)N[C@@H](CC(N)=O)C(=O)O. The summed E-state index contributed by atoms with van der Waals surface area (Å²) in [7, 11) is 0. The normalized spacial score (nSPS) is 15.9. The van der Waals surface area contributed by atoms with Crippen molar-refractivity contribution in [2.75, 3.05) is 6.54 Å². The number of aliphatic carboxylic acids is 2. The average Bonchev–Trinajstić information content (AvgIpc) is 0.849. The standard InChI is InChI=1S/C70H123N17O21/c1-18-37(15)55(67(104)79-41(21-24-48(72)90)59(96)81-45(28-33(7)8)63(100)86-56(38(16)19-2)68(105)82-46(70(107)108)29-49(73)91)85-62(99)44(27-32(5)6)80-58(95)40(20-23-47(71)89)77-61(98)43(26-31(3)4)76-50(92)30-75-65(102)53(35(11)12)84-69(106)57(39(17)88)87-66(103)54(36(13)14)83-60(97)42(22-25-51(93)94)78-64(101)52(74)34(9)10/h31-46,52-57,88H,18-30,74H2,1-17H3,(H2,71,89)(H2,72,90)(H2,73,91)(H,75,102)(H,76,92)(H,77,98)(H,78,101)(H,79,104)(H,80,95)(H,81,96)(H,82,105)(H,83,97)(H,84,106)(H,85,99)(H,86,100)(H,87,103)(H,93,94)(H,107,108)/t37-,38-,39+,40-,41-,42-,43-,44-,45-,46-,52-,53-,54-,55-,56-,57-/m0/s1.